The number of rotatable bonds is 3. The lowest BCUT2D eigenvalue weighted by atomic mass is 9.93. The zero-order chi connectivity index (χ0) is 11.5. The van der Waals surface area contributed by atoms with E-state index < -0.39 is 0 Å². The molecule has 1 fully saturated rings. The third kappa shape index (κ3) is 3.80. The minimum absolute atomic E-state index is 0.0415. The summed E-state index contributed by atoms with van der Waals surface area (Å²) in [5.41, 5.74) is 5.53. The Kier molecular flexibility index (Phi) is 4.11. The molecule has 0 aliphatic carbocycles. The van der Waals surface area contributed by atoms with E-state index in [1.54, 1.807) is 0 Å². The number of hydrogen-bond donors (Lipinski definition) is 2. The zero-order valence-electron chi connectivity index (χ0n) is 9.88. The van der Waals surface area contributed by atoms with Crippen LogP contribution in [0.15, 0.2) is 0 Å². The number of carbonyl (C=O) groups is 1. The molecule has 1 saturated heterocycles. The summed E-state index contributed by atoms with van der Waals surface area (Å²) in [4.78, 5) is 11.6. The second-order valence-corrected chi connectivity index (χ2v) is 4.82. The maximum Gasteiger partial charge on any atom is 0.237 e. The molecule has 0 aromatic heterocycles. The first-order valence-electron chi connectivity index (χ1n) is 5.64. The van der Waals surface area contributed by atoms with E-state index in [9.17, 15) is 4.79 Å². The van der Waals surface area contributed by atoms with E-state index in [4.69, 9.17) is 10.5 Å². The normalized spacial score (nSPS) is 27.1. The average Bonchev–Trinajstić information content (AvgIpc) is 2.14. The molecule has 4 nitrogen and oxygen atoms in total. The Morgan fingerprint density at radius 3 is 2.87 bits per heavy atom. The molecule has 3 N–H and O–H groups in total. The molecule has 15 heavy (non-hydrogen) atoms. The molecule has 0 saturated carbocycles. The third-order valence-electron chi connectivity index (χ3n) is 2.82. The summed E-state index contributed by atoms with van der Waals surface area (Å²) in [6.07, 6.45) is 2.42. The highest BCUT2D eigenvalue weighted by Crippen LogP contribution is 2.23. The van der Waals surface area contributed by atoms with E-state index >= 15 is 0 Å². The molecule has 1 rings (SSSR count). The Balaban J connectivity index is 2.41. The van der Waals surface area contributed by atoms with E-state index in [0.29, 0.717) is 13.0 Å². The summed E-state index contributed by atoms with van der Waals surface area (Å²) in [5.74, 6) is -0.0415. The van der Waals surface area contributed by atoms with Crippen molar-refractivity contribution in [2.45, 2.75) is 57.7 Å². The lowest BCUT2D eigenvalue weighted by molar-refractivity contribution is -0.125. The van der Waals surface area contributed by atoms with E-state index in [1.165, 1.54) is 0 Å². The highest BCUT2D eigenvalue weighted by Gasteiger charge is 2.30. The molecule has 2 atom stereocenters. The molecule has 0 spiro atoms. The van der Waals surface area contributed by atoms with Gasteiger partial charge in [0.2, 0.25) is 5.91 Å². The van der Waals surface area contributed by atoms with Crippen molar-refractivity contribution < 1.29 is 9.53 Å². The molecule has 4 heteroatoms. The first kappa shape index (κ1) is 12.5. The van der Waals surface area contributed by atoms with Crippen molar-refractivity contribution in [2.24, 2.45) is 5.73 Å². The molecule has 1 heterocycles. The summed E-state index contributed by atoms with van der Waals surface area (Å²) in [6.45, 7) is 6.72. The highest BCUT2D eigenvalue weighted by molar-refractivity contribution is 5.81. The number of nitrogens with one attached hydrogen (secondary N) is 1. The van der Waals surface area contributed by atoms with Gasteiger partial charge in [-0.05, 0) is 33.1 Å². The molecule has 0 aromatic carbocycles. The Bertz CT molecular complexity index is 229. The minimum Gasteiger partial charge on any atom is -0.375 e. The molecule has 1 aliphatic rings. The van der Waals surface area contributed by atoms with Crippen LogP contribution in [-0.2, 0) is 9.53 Å². The Hall–Kier alpha value is -0.610. The van der Waals surface area contributed by atoms with E-state index in [-0.39, 0.29) is 23.6 Å². The van der Waals surface area contributed by atoms with Gasteiger partial charge >= 0.3 is 0 Å². The van der Waals surface area contributed by atoms with Crippen LogP contribution in [0.5, 0.6) is 0 Å². The summed E-state index contributed by atoms with van der Waals surface area (Å²) in [5, 5.41) is 2.98. The van der Waals surface area contributed by atoms with Crippen LogP contribution in [0, 0.1) is 0 Å². The van der Waals surface area contributed by atoms with Crippen LogP contribution in [0.25, 0.3) is 0 Å². The minimum atomic E-state index is -0.379. The van der Waals surface area contributed by atoms with Gasteiger partial charge in [0, 0.05) is 12.6 Å². The van der Waals surface area contributed by atoms with Crippen LogP contribution >= 0.6 is 0 Å². The monoisotopic (exact) mass is 214 g/mol. The number of carbonyl (C=O) groups excluding carboxylic acids is 1. The smallest absolute Gasteiger partial charge is 0.237 e. The Labute approximate surface area is 91.5 Å². The van der Waals surface area contributed by atoms with Gasteiger partial charge in [-0.1, -0.05) is 6.92 Å². The van der Waals surface area contributed by atoms with Crippen LogP contribution in [0.3, 0.4) is 0 Å². The van der Waals surface area contributed by atoms with Crippen molar-refractivity contribution in [3.8, 4) is 0 Å². The van der Waals surface area contributed by atoms with Gasteiger partial charge in [-0.15, -0.1) is 0 Å². The quantitative estimate of drug-likeness (QED) is 0.730. The van der Waals surface area contributed by atoms with Gasteiger partial charge in [0.25, 0.3) is 0 Å². The summed E-state index contributed by atoms with van der Waals surface area (Å²) >= 11 is 0. The van der Waals surface area contributed by atoms with Crippen molar-refractivity contribution in [1.29, 1.82) is 0 Å². The van der Waals surface area contributed by atoms with Gasteiger partial charge in [0.15, 0.2) is 0 Å². The molecule has 1 aliphatic heterocycles. The Morgan fingerprint density at radius 2 is 2.33 bits per heavy atom. The van der Waals surface area contributed by atoms with Crippen molar-refractivity contribution >= 4 is 5.91 Å². The molecule has 0 aromatic rings. The number of nitrogens with two attached hydrogens (primary N) is 1. The molecule has 1 unspecified atom stereocenters. The zero-order valence-corrected chi connectivity index (χ0v) is 9.88. The average molecular weight is 214 g/mol. The summed E-state index contributed by atoms with van der Waals surface area (Å²) in [7, 11) is 0. The molecular weight excluding hydrogens is 192 g/mol. The largest absolute Gasteiger partial charge is 0.375 e. The second kappa shape index (κ2) is 4.94. The standard InChI is InChI=1S/C11H22N2O2/c1-4-9(12)10(14)13-8-5-6-15-11(2,3)7-8/h8-9H,4-7,12H2,1-3H3,(H,13,14)/t8?,9-/m1/s1. The number of hydrogen-bond acceptors (Lipinski definition) is 3. The topological polar surface area (TPSA) is 64.4 Å². The maximum absolute atomic E-state index is 11.6. The molecule has 0 radical (unpaired) electrons. The van der Waals surface area contributed by atoms with Gasteiger partial charge in [0.1, 0.15) is 0 Å². The molecule has 1 amide bonds. The maximum atomic E-state index is 11.6. The SMILES string of the molecule is CC[C@@H](N)C(=O)NC1CCOC(C)(C)C1. The van der Waals surface area contributed by atoms with E-state index in [0.717, 1.165) is 12.8 Å². The predicted molar refractivity (Wildman–Crippen MR) is 59.5 cm³/mol. The Morgan fingerprint density at radius 1 is 1.67 bits per heavy atom. The van der Waals surface area contributed by atoms with Gasteiger partial charge in [0.05, 0.1) is 11.6 Å². The van der Waals surface area contributed by atoms with Crippen LogP contribution < -0.4 is 11.1 Å². The van der Waals surface area contributed by atoms with Crippen molar-refractivity contribution in [3.63, 3.8) is 0 Å². The number of ether oxygens (including phenoxy) is 1. The summed E-state index contributed by atoms with van der Waals surface area (Å²) < 4.78 is 5.58. The van der Waals surface area contributed by atoms with Crippen molar-refractivity contribution in [3.05, 3.63) is 0 Å². The first-order valence-corrected chi connectivity index (χ1v) is 5.64. The van der Waals surface area contributed by atoms with Crippen LogP contribution in [0.2, 0.25) is 0 Å². The van der Waals surface area contributed by atoms with Gasteiger partial charge in [-0.3, -0.25) is 4.79 Å². The van der Waals surface area contributed by atoms with E-state index in [1.807, 2.05) is 20.8 Å². The van der Waals surface area contributed by atoms with Crippen LogP contribution in [0.1, 0.15) is 40.0 Å². The third-order valence-corrected chi connectivity index (χ3v) is 2.82. The number of amides is 1. The highest BCUT2D eigenvalue weighted by atomic mass is 16.5. The van der Waals surface area contributed by atoms with Gasteiger partial charge in [-0.25, -0.2) is 0 Å². The van der Waals surface area contributed by atoms with Gasteiger partial charge < -0.3 is 15.8 Å². The van der Waals surface area contributed by atoms with Gasteiger partial charge in [-0.2, -0.15) is 0 Å². The van der Waals surface area contributed by atoms with Crippen LogP contribution in [-0.4, -0.2) is 30.2 Å². The first-order chi connectivity index (χ1) is 6.94. The predicted octanol–water partition coefficient (Wildman–Crippen LogP) is 0.797. The fourth-order valence-corrected chi connectivity index (χ4v) is 1.85. The lowest BCUT2D eigenvalue weighted by Crippen LogP contribution is -2.50. The van der Waals surface area contributed by atoms with Crippen LogP contribution in [0.4, 0.5) is 0 Å². The fraction of sp³-hybridized carbons (Fsp3) is 0.909. The van der Waals surface area contributed by atoms with E-state index in [2.05, 4.69) is 5.32 Å². The molecular formula is C11H22N2O2. The molecule has 88 valence electrons. The summed E-state index contributed by atoms with van der Waals surface area (Å²) in [6, 6.07) is -0.171. The van der Waals surface area contributed by atoms with Crippen molar-refractivity contribution in [1.82, 2.24) is 5.32 Å². The fourth-order valence-electron chi connectivity index (χ4n) is 1.85. The molecule has 0 bridgehead atoms. The second-order valence-electron chi connectivity index (χ2n) is 4.82. The lowest BCUT2D eigenvalue weighted by Gasteiger charge is -2.36. The van der Waals surface area contributed by atoms with Crippen molar-refractivity contribution in [2.75, 3.05) is 6.61 Å².